The van der Waals surface area contributed by atoms with Gasteiger partial charge < -0.3 is 19.3 Å². The smallest absolute Gasteiger partial charge is 0.270 e. The maximum Gasteiger partial charge on any atom is 0.270 e. The lowest BCUT2D eigenvalue weighted by atomic mass is 10.2. The fourth-order valence-corrected chi connectivity index (χ4v) is 2.66. The monoisotopic (exact) mass is 284 g/mol. The van der Waals surface area contributed by atoms with Gasteiger partial charge in [-0.25, -0.2) is 0 Å². The van der Waals surface area contributed by atoms with Crippen molar-refractivity contribution < 1.29 is 14.6 Å². The van der Waals surface area contributed by atoms with Crippen molar-refractivity contribution in [3.8, 4) is 0 Å². The highest BCUT2D eigenvalue weighted by Crippen LogP contribution is 2.37. The summed E-state index contributed by atoms with van der Waals surface area (Å²) in [6.07, 6.45) is 3.76. The molecule has 6 heteroatoms. The second-order valence-corrected chi connectivity index (χ2v) is 5.54. The van der Waals surface area contributed by atoms with Crippen LogP contribution in [0.15, 0.2) is 12.3 Å². The summed E-state index contributed by atoms with van der Waals surface area (Å²) in [5, 5.41) is 9.73. The molecule has 1 unspecified atom stereocenters. The third-order valence-corrected chi connectivity index (χ3v) is 3.81. The van der Waals surface area contributed by atoms with Gasteiger partial charge in [-0.2, -0.15) is 0 Å². The molecule has 1 saturated carbocycles. The number of aliphatic hydroxyl groups excluding tert-OH is 1. The molecule has 2 heterocycles. The minimum absolute atomic E-state index is 0.0273. The van der Waals surface area contributed by atoms with Crippen LogP contribution in [0.5, 0.6) is 0 Å². The first-order valence-electron chi connectivity index (χ1n) is 6.58. The van der Waals surface area contributed by atoms with Gasteiger partial charge in [-0.15, -0.1) is 0 Å². The molecule has 1 aromatic heterocycles. The molecule has 5 nitrogen and oxygen atoms in total. The van der Waals surface area contributed by atoms with Gasteiger partial charge in [-0.3, -0.25) is 4.79 Å². The topological polar surface area (TPSA) is 54.7 Å². The average Bonchev–Trinajstić information content (AvgIpc) is 3.21. The van der Waals surface area contributed by atoms with E-state index in [0.717, 1.165) is 12.8 Å². The van der Waals surface area contributed by atoms with Gasteiger partial charge in [-0.1, -0.05) is 11.6 Å². The van der Waals surface area contributed by atoms with Gasteiger partial charge in [0.15, 0.2) is 0 Å². The second kappa shape index (κ2) is 5.15. The number of carbonyl (C=O) groups is 1. The summed E-state index contributed by atoms with van der Waals surface area (Å²) in [5.74, 6) is -0.0273. The van der Waals surface area contributed by atoms with E-state index in [-0.39, 0.29) is 18.6 Å². The van der Waals surface area contributed by atoms with Crippen molar-refractivity contribution in [1.82, 2.24) is 9.47 Å². The maximum absolute atomic E-state index is 12.5. The van der Waals surface area contributed by atoms with Crippen molar-refractivity contribution in [1.29, 1.82) is 0 Å². The van der Waals surface area contributed by atoms with Gasteiger partial charge in [-0.05, 0) is 18.9 Å². The molecular weight excluding hydrogens is 268 g/mol. The lowest BCUT2D eigenvalue weighted by molar-refractivity contribution is -0.0449. The van der Waals surface area contributed by atoms with Crippen LogP contribution in [0.3, 0.4) is 0 Å². The number of hydrogen-bond acceptors (Lipinski definition) is 3. The van der Waals surface area contributed by atoms with Crippen LogP contribution in [0, 0.1) is 0 Å². The van der Waals surface area contributed by atoms with E-state index in [9.17, 15) is 4.79 Å². The highest BCUT2D eigenvalue weighted by atomic mass is 35.5. The van der Waals surface area contributed by atoms with Crippen LogP contribution < -0.4 is 0 Å². The number of amides is 1. The lowest BCUT2D eigenvalue weighted by Crippen LogP contribution is -2.47. The van der Waals surface area contributed by atoms with Crippen LogP contribution in [-0.2, 0) is 4.74 Å². The molecule has 1 amide bonds. The van der Waals surface area contributed by atoms with E-state index >= 15 is 0 Å². The average molecular weight is 285 g/mol. The fourth-order valence-electron chi connectivity index (χ4n) is 2.45. The van der Waals surface area contributed by atoms with Crippen molar-refractivity contribution >= 4 is 17.5 Å². The van der Waals surface area contributed by atoms with Crippen molar-refractivity contribution in [2.75, 3.05) is 26.3 Å². The fraction of sp³-hybridized carbons (Fsp3) is 0.615. The molecule has 1 aromatic rings. The number of morpholine rings is 1. The first-order chi connectivity index (χ1) is 9.19. The molecule has 0 bridgehead atoms. The van der Waals surface area contributed by atoms with Gasteiger partial charge in [0, 0.05) is 25.3 Å². The zero-order valence-corrected chi connectivity index (χ0v) is 11.3. The molecule has 1 aliphatic heterocycles. The standard InChI is InChI=1S/C13H17ClN2O3/c14-9-5-12(16(6-9)10-1-2-10)13(18)15-3-4-19-11(7-15)8-17/h5-6,10-11,17H,1-4,7-8H2. The molecule has 1 atom stereocenters. The Bertz CT molecular complexity index is 484. The van der Waals surface area contributed by atoms with Crippen LogP contribution >= 0.6 is 11.6 Å². The molecule has 1 saturated heterocycles. The van der Waals surface area contributed by atoms with E-state index in [1.807, 2.05) is 10.8 Å². The summed E-state index contributed by atoms with van der Waals surface area (Å²) in [4.78, 5) is 14.3. The zero-order valence-electron chi connectivity index (χ0n) is 10.6. The van der Waals surface area contributed by atoms with Crippen LogP contribution in [-0.4, -0.2) is 52.9 Å². The number of aliphatic hydroxyl groups is 1. The molecule has 0 radical (unpaired) electrons. The highest BCUT2D eigenvalue weighted by Gasteiger charge is 2.31. The molecule has 104 valence electrons. The molecule has 1 aliphatic carbocycles. The largest absolute Gasteiger partial charge is 0.394 e. The first kappa shape index (κ1) is 13.0. The van der Waals surface area contributed by atoms with Crippen LogP contribution in [0.4, 0.5) is 0 Å². The van der Waals surface area contributed by atoms with E-state index in [2.05, 4.69) is 0 Å². The summed E-state index contributed by atoms with van der Waals surface area (Å²) in [6, 6.07) is 2.15. The number of aromatic nitrogens is 1. The number of hydrogen-bond donors (Lipinski definition) is 1. The first-order valence-corrected chi connectivity index (χ1v) is 6.96. The molecule has 0 spiro atoms. The van der Waals surface area contributed by atoms with E-state index in [1.54, 1.807) is 11.0 Å². The number of rotatable bonds is 3. The van der Waals surface area contributed by atoms with E-state index < -0.39 is 0 Å². The molecule has 0 aromatic carbocycles. The summed E-state index contributed by atoms with van der Waals surface area (Å²) >= 11 is 6.02. The van der Waals surface area contributed by atoms with Gasteiger partial charge in [0.25, 0.3) is 5.91 Å². The zero-order chi connectivity index (χ0) is 13.4. The van der Waals surface area contributed by atoms with Crippen LogP contribution in [0.1, 0.15) is 29.4 Å². The van der Waals surface area contributed by atoms with Gasteiger partial charge in [0.1, 0.15) is 5.69 Å². The van der Waals surface area contributed by atoms with E-state index in [4.69, 9.17) is 21.4 Å². The Hall–Kier alpha value is -1.04. The van der Waals surface area contributed by atoms with Crippen LogP contribution in [0.2, 0.25) is 5.02 Å². The summed E-state index contributed by atoms with van der Waals surface area (Å²) in [7, 11) is 0. The summed E-state index contributed by atoms with van der Waals surface area (Å²) < 4.78 is 7.34. The SMILES string of the molecule is O=C(c1cc(Cl)cn1C1CC1)N1CCOC(CO)C1. The van der Waals surface area contributed by atoms with Gasteiger partial charge >= 0.3 is 0 Å². The predicted molar refractivity (Wildman–Crippen MR) is 70.4 cm³/mol. The number of halogens is 1. The Morgan fingerprint density at radius 1 is 1.53 bits per heavy atom. The van der Waals surface area contributed by atoms with E-state index in [1.165, 1.54) is 0 Å². The number of carbonyl (C=O) groups excluding carboxylic acids is 1. The van der Waals surface area contributed by atoms with Crippen molar-refractivity contribution in [3.63, 3.8) is 0 Å². The van der Waals surface area contributed by atoms with Gasteiger partial charge in [0.2, 0.25) is 0 Å². The van der Waals surface area contributed by atoms with Crippen molar-refractivity contribution in [2.24, 2.45) is 0 Å². The molecular formula is C13H17ClN2O3. The number of nitrogens with zero attached hydrogens (tertiary/aromatic N) is 2. The van der Waals surface area contributed by atoms with Crippen LogP contribution in [0.25, 0.3) is 0 Å². The molecule has 1 N–H and O–H groups in total. The molecule has 19 heavy (non-hydrogen) atoms. The highest BCUT2D eigenvalue weighted by molar-refractivity contribution is 6.31. The Kier molecular flexibility index (Phi) is 3.52. The minimum atomic E-state index is -0.280. The third kappa shape index (κ3) is 2.63. The summed E-state index contributed by atoms with van der Waals surface area (Å²) in [6.45, 7) is 1.40. The predicted octanol–water partition coefficient (Wildman–Crippen LogP) is 1.31. The van der Waals surface area contributed by atoms with Crippen molar-refractivity contribution in [3.05, 3.63) is 23.0 Å². The molecule has 2 aliphatic rings. The summed E-state index contributed by atoms with van der Waals surface area (Å²) in [5.41, 5.74) is 0.645. The van der Waals surface area contributed by atoms with Crippen molar-refractivity contribution in [2.45, 2.75) is 25.0 Å². The van der Waals surface area contributed by atoms with Gasteiger partial charge in [0.05, 0.1) is 24.3 Å². The quantitative estimate of drug-likeness (QED) is 0.910. The Morgan fingerprint density at radius 3 is 3.00 bits per heavy atom. The Balaban J connectivity index is 1.79. The third-order valence-electron chi connectivity index (χ3n) is 3.60. The Morgan fingerprint density at radius 2 is 2.32 bits per heavy atom. The maximum atomic E-state index is 12.5. The molecule has 2 fully saturated rings. The Labute approximate surface area is 116 Å². The molecule has 3 rings (SSSR count). The normalized spacial score (nSPS) is 23.7. The second-order valence-electron chi connectivity index (χ2n) is 5.11. The lowest BCUT2D eigenvalue weighted by Gasteiger charge is -2.32. The minimum Gasteiger partial charge on any atom is -0.394 e. The van der Waals surface area contributed by atoms with E-state index in [0.29, 0.717) is 36.5 Å². The number of ether oxygens (including phenoxy) is 1.